The fourth-order valence-corrected chi connectivity index (χ4v) is 6.08. The number of pyridine rings is 1. The lowest BCUT2D eigenvalue weighted by Crippen LogP contribution is -2.52. The number of amides is 2. The van der Waals surface area contributed by atoms with Crippen LogP contribution in [0.1, 0.15) is 36.9 Å². The molecule has 5 heterocycles. The molecule has 0 saturated carbocycles. The molecule has 10 heteroatoms. The summed E-state index contributed by atoms with van der Waals surface area (Å²) in [5.74, 6) is 0.756. The Balaban J connectivity index is 1.15. The minimum absolute atomic E-state index is 0.000122. The number of imidazole rings is 1. The quantitative estimate of drug-likeness (QED) is 0.419. The van der Waals surface area contributed by atoms with Crippen molar-refractivity contribution in [3.63, 3.8) is 0 Å². The second-order valence-electron chi connectivity index (χ2n) is 10.5. The molecule has 3 aliphatic heterocycles. The van der Waals surface area contributed by atoms with E-state index in [2.05, 4.69) is 39.2 Å². The van der Waals surface area contributed by atoms with Gasteiger partial charge in [-0.1, -0.05) is 48.5 Å². The van der Waals surface area contributed by atoms with Crippen LogP contribution in [0.2, 0.25) is 0 Å². The van der Waals surface area contributed by atoms with Gasteiger partial charge in [0.1, 0.15) is 5.84 Å². The maximum absolute atomic E-state index is 13.6. The number of nitrogens with zero attached hydrogens (tertiary/aromatic N) is 6. The number of piperidine rings is 1. The minimum Gasteiger partial charge on any atom is -0.325 e. The number of hydrogen-bond donors (Lipinski definition) is 2. The van der Waals surface area contributed by atoms with E-state index in [1.807, 2.05) is 59.5 Å². The summed E-state index contributed by atoms with van der Waals surface area (Å²) in [7, 11) is 0. The summed E-state index contributed by atoms with van der Waals surface area (Å²) in [5.41, 5.74) is 5.11. The number of fused-ring (bicyclic) bond motifs is 4. The first-order chi connectivity index (χ1) is 19.6. The minimum atomic E-state index is -0.625. The van der Waals surface area contributed by atoms with Gasteiger partial charge in [0.25, 0.3) is 0 Å². The first kappa shape index (κ1) is 24.3. The second kappa shape index (κ2) is 9.78. The molecule has 2 aromatic heterocycles. The van der Waals surface area contributed by atoms with Crippen LogP contribution in [0.4, 0.5) is 10.5 Å². The first-order valence-electron chi connectivity index (χ1n) is 13.8. The predicted molar refractivity (Wildman–Crippen MR) is 155 cm³/mol. The Kier molecular flexibility index (Phi) is 5.95. The first-order valence-corrected chi connectivity index (χ1v) is 13.8. The molecule has 1 saturated heterocycles. The highest BCUT2D eigenvalue weighted by Crippen LogP contribution is 2.32. The molecular weight excluding hydrogens is 504 g/mol. The fourth-order valence-electron chi connectivity index (χ4n) is 6.08. The molecule has 0 bridgehead atoms. The van der Waals surface area contributed by atoms with E-state index < -0.39 is 6.17 Å². The number of likely N-dealkylation sites (tertiary alicyclic amines) is 1. The number of anilines is 1. The van der Waals surface area contributed by atoms with Gasteiger partial charge in [-0.05, 0) is 38.0 Å². The molecule has 10 nitrogen and oxygen atoms in total. The van der Waals surface area contributed by atoms with Crippen molar-refractivity contribution in [3.8, 4) is 0 Å². The van der Waals surface area contributed by atoms with E-state index in [4.69, 9.17) is 9.98 Å². The number of nitrogens with one attached hydrogen (secondary N) is 2. The molecule has 3 aliphatic rings. The van der Waals surface area contributed by atoms with Crippen LogP contribution in [-0.2, 0) is 0 Å². The van der Waals surface area contributed by atoms with Gasteiger partial charge in [0.2, 0.25) is 0 Å². The fraction of sp³-hybridized carbons (Fsp3) is 0.300. The standard InChI is InChI=1S/C30H30N8O2/c1-19-18-37-23-11-6-5-10-22(23)25(20-8-3-2-4-9-20)33-27(28(37)32-19)35-29(39)36-16-13-21(14-17-36)38-24-12-7-15-31-26(24)34-30(38)40/h2-12,15,19,21,27H,13-14,16-18H2,1H3,(H,35,39)(H,31,34,40)/t19?,27-/m0/s1. The Morgan fingerprint density at radius 1 is 0.975 bits per heavy atom. The number of hydrogen-bond acceptors (Lipinski definition) is 6. The summed E-state index contributed by atoms with van der Waals surface area (Å²) in [6, 6.07) is 21.9. The third kappa shape index (κ3) is 4.16. The second-order valence-corrected chi connectivity index (χ2v) is 10.5. The largest absolute Gasteiger partial charge is 0.327 e. The Hall–Kier alpha value is -4.73. The number of H-pyrrole nitrogens is 1. The van der Waals surface area contributed by atoms with Crippen molar-refractivity contribution >= 4 is 34.4 Å². The van der Waals surface area contributed by atoms with Crippen molar-refractivity contribution in [2.45, 2.75) is 38.0 Å². The zero-order valence-corrected chi connectivity index (χ0v) is 22.2. The van der Waals surface area contributed by atoms with Crippen LogP contribution in [0.15, 0.2) is 87.7 Å². The molecule has 0 radical (unpaired) electrons. The molecule has 2 amide bonds. The number of aromatic amines is 1. The molecule has 1 unspecified atom stereocenters. The van der Waals surface area contributed by atoms with E-state index in [0.29, 0.717) is 31.6 Å². The third-order valence-electron chi connectivity index (χ3n) is 7.94. The lowest BCUT2D eigenvalue weighted by atomic mass is 10.0. The van der Waals surface area contributed by atoms with Crippen molar-refractivity contribution in [3.05, 3.63) is 94.5 Å². The Morgan fingerprint density at radius 3 is 2.58 bits per heavy atom. The van der Waals surface area contributed by atoms with Crippen LogP contribution in [0.25, 0.3) is 11.2 Å². The zero-order valence-electron chi connectivity index (χ0n) is 22.2. The number of amidine groups is 1. The van der Waals surface area contributed by atoms with E-state index in [-0.39, 0.29) is 23.8 Å². The number of benzene rings is 2. The summed E-state index contributed by atoms with van der Waals surface area (Å²) in [4.78, 5) is 47.4. The van der Waals surface area contributed by atoms with Gasteiger partial charge in [0.15, 0.2) is 11.8 Å². The van der Waals surface area contributed by atoms with Crippen LogP contribution in [0.3, 0.4) is 0 Å². The lowest BCUT2D eigenvalue weighted by Gasteiger charge is -2.33. The molecule has 1 fully saturated rings. The molecule has 202 valence electrons. The van der Waals surface area contributed by atoms with Gasteiger partial charge in [-0.15, -0.1) is 0 Å². The number of rotatable bonds is 3. The number of para-hydroxylation sites is 1. The Morgan fingerprint density at radius 2 is 1.75 bits per heavy atom. The van der Waals surface area contributed by atoms with Crippen LogP contribution in [-0.4, -0.2) is 68.9 Å². The van der Waals surface area contributed by atoms with Crippen LogP contribution in [0.5, 0.6) is 0 Å². The van der Waals surface area contributed by atoms with E-state index in [1.54, 1.807) is 10.8 Å². The zero-order chi connectivity index (χ0) is 27.2. The van der Waals surface area contributed by atoms with E-state index in [1.165, 1.54) is 0 Å². The average molecular weight is 535 g/mol. The molecule has 4 aromatic rings. The number of urea groups is 1. The number of carbonyl (C=O) groups is 1. The molecule has 7 rings (SSSR count). The van der Waals surface area contributed by atoms with Crippen molar-refractivity contribution < 1.29 is 4.79 Å². The van der Waals surface area contributed by atoms with E-state index in [9.17, 15) is 9.59 Å². The van der Waals surface area contributed by atoms with E-state index in [0.717, 1.165) is 40.4 Å². The maximum Gasteiger partial charge on any atom is 0.327 e. The highest BCUT2D eigenvalue weighted by Gasteiger charge is 2.37. The summed E-state index contributed by atoms with van der Waals surface area (Å²) < 4.78 is 1.78. The highest BCUT2D eigenvalue weighted by atomic mass is 16.2. The number of aliphatic imine (C=N–C) groups is 2. The van der Waals surface area contributed by atoms with Crippen molar-refractivity contribution in [2.24, 2.45) is 9.98 Å². The van der Waals surface area contributed by atoms with Gasteiger partial charge in [0.05, 0.1) is 23.0 Å². The predicted octanol–water partition coefficient (Wildman–Crippen LogP) is 3.56. The van der Waals surface area contributed by atoms with Crippen LogP contribution in [0, 0.1) is 0 Å². The molecular formula is C30H30N8O2. The average Bonchev–Trinajstić information content (AvgIpc) is 3.51. The van der Waals surface area contributed by atoms with Crippen LogP contribution >= 0.6 is 0 Å². The molecule has 2 aromatic carbocycles. The lowest BCUT2D eigenvalue weighted by molar-refractivity contribution is 0.170. The normalized spacial score (nSPS) is 20.9. The van der Waals surface area contributed by atoms with Gasteiger partial charge >= 0.3 is 11.7 Å². The van der Waals surface area contributed by atoms with Gasteiger partial charge in [-0.25, -0.2) is 14.6 Å². The number of carbonyl (C=O) groups excluding carboxylic acids is 1. The van der Waals surface area contributed by atoms with Crippen LogP contribution < -0.4 is 15.9 Å². The van der Waals surface area contributed by atoms with Gasteiger partial charge in [0, 0.05) is 43.0 Å². The highest BCUT2D eigenvalue weighted by molar-refractivity contribution is 6.21. The molecule has 40 heavy (non-hydrogen) atoms. The Labute approximate surface area is 231 Å². The monoisotopic (exact) mass is 534 g/mol. The van der Waals surface area contributed by atoms with Crippen molar-refractivity contribution in [2.75, 3.05) is 24.5 Å². The van der Waals surface area contributed by atoms with Gasteiger partial charge < -0.3 is 15.1 Å². The Bertz CT molecular complexity index is 1700. The third-order valence-corrected chi connectivity index (χ3v) is 7.94. The molecule has 0 aliphatic carbocycles. The summed E-state index contributed by atoms with van der Waals surface area (Å²) in [5, 5.41) is 3.19. The SMILES string of the molecule is CC1CN2C(=N1)[C@H](NC(=O)N1CCC(n3c(=O)[nH]c4ncccc43)CC1)N=C(c1ccccc1)c1ccccc12. The summed E-state index contributed by atoms with van der Waals surface area (Å²) in [6.07, 6.45) is 2.39. The van der Waals surface area contributed by atoms with E-state index >= 15 is 0 Å². The molecule has 2 atom stereocenters. The van der Waals surface area contributed by atoms with Gasteiger partial charge in [-0.2, -0.15) is 0 Å². The van der Waals surface area contributed by atoms with Crippen molar-refractivity contribution in [1.29, 1.82) is 0 Å². The summed E-state index contributed by atoms with van der Waals surface area (Å²) in [6.45, 7) is 3.88. The van der Waals surface area contributed by atoms with Crippen molar-refractivity contribution in [1.82, 2.24) is 24.8 Å². The molecule has 0 spiro atoms. The summed E-state index contributed by atoms with van der Waals surface area (Å²) >= 11 is 0. The smallest absolute Gasteiger partial charge is 0.325 e. The molecule has 2 N–H and O–H groups in total. The number of aromatic nitrogens is 3. The topological polar surface area (TPSA) is 111 Å². The maximum atomic E-state index is 13.6. The van der Waals surface area contributed by atoms with Gasteiger partial charge in [-0.3, -0.25) is 19.5 Å².